The molecule has 0 spiro atoms. The van der Waals surface area contributed by atoms with Gasteiger partial charge in [-0.05, 0) is 12.1 Å². The molecule has 0 bridgehead atoms. The monoisotopic (exact) mass is 354 g/mol. The maximum absolute atomic E-state index is 13.4. The van der Waals surface area contributed by atoms with E-state index in [1.165, 1.54) is 0 Å². The molecule has 0 fully saturated rings. The average Bonchev–Trinajstić information content (AvgIpc) is 2.53. The van der Waals surface area contributed by atoms with Crippen LogP contribution in [-0.2, 0) is 17.6 Å². The van der Waals surface area contributed by atoms with E-state index < -0.39 is 76.3 Å². The number of benzene rings is 2. The lowest BCUT2D eigenvalue weighted by molar-refractivity contribution is -0.117. The molecular weight excluding hydrogens is 348 g/mol. The van der Waals surface area contributed by atoms with Crippen LogP contribution in [0.5, 0.6) is 0 Å². The van der Waals surface area contributed by atoms with Gasteiger partial charge in [-0.1, -0.05) is 0 Å². The van der Waals surface area contributed by atoms with E-state index in [1.54, 1.807) is 0 Å². The third kappa shape index (κ3) is 3.24. The third-order valence-electron chi connectivity index (χ3n) is 3.13. The van der Waals surface area contributed by atoms with Crippen molar-refractivity contribution in [2.24, 2.45) is 0 Å². The molecule has 2 rings (SSSR count). The Morgan fingerprint density at radius 2 is 0.917 bits per heavy atom. The predicted octanol–water partition coefficient (Wildman–Crippen LogP) is 4.15. The fourth-order valence-corrected chi connectivity index (χ4v) is 1.99. The second kappa shape index (κ2) is 6.58. The maximum Gasteiger partial charge on any atom is 0.197 e. The van der Waals surface area contributed by atoms with Gasteiger partial charge in [-0.15, -0.1) is 0 Å². The van der Waals surface area contributed by atoms with Gasteiger partial charge >= 0.3 is 0 Å². The van der Waals surface area contributed by atoms with E-state index in [9.17, 15) is 39.9 Å². The van der Waals surface area contributed by atoms with Crippen LogP contribution in [0.4, 0.5) is 35.1 Å². The van der Waals surface area contributed by atoms with Crippen LogP contribution in [0.2, 0.25) is 0 Å². The summed E-state index contributed by atoms with van der Waals surface area (Å²) in [5, 5.41) is 0. The van der Waals surface area contributed by atoms with Crippen LogP contribution < -0.4 is 0 Å². The summed E-state index contributed by atoms with van der Waals surface area (Å²) in [4.78, 5) is 11.7. The van der Waals surface area contributed by atoms with Crippen LogP contribution in [0, 0.1) is 46.5 Å². The number of hydrogen-bond donors (Lipinski definition) is 0. The molecule has 0 unspecified atom stereocenters. The lowest BCUT2D eigenvalue weighted by Gasteiger charge is -2.07. The smallest absolute Gasteiger partial charge is 0.197 e. The first-order valence-electron chi connectivity index (χ1n) is 6.28. The van der Waals surface area contributed by atoms with Gasteiger partial charge in [0.25, 0.3) is 0 Å². The van der Waals surface area contributed by atoms with Crippen molar-refractivity contribution in [3.63, 3.8) is 0 Å². The number of Topliss-reactive ketones (excluding diaryl/α,β-unsaturated/α-hetero) is 1. The summed E-state index contributed by atoms with van der Waals surface area (Å²) in [6.45, 7) is 0. The van der Waals surface area contributed by atoms with Crippen LogP contribution in [-0.4, -0.2) is 5.78 Å². The molecule has 0 aliphatic carbocycles. The van der Waals surface area contributed by atoms with E-state index in [0.29, 0.717) is 0 Å². The van der Waals surface area contributed by atoms with Gasteiger partial charge in [-0.2, -0.15) is 0 Å². The number of carbonyl (C=O) groups is 1. The lowest BCUT2D eigenvalue weighted by Crippen LogP contribution is -2.13. The summed E-state index contributed by atoms with van der Waals surface area (Å²) in [5.41, 5.74) is -1.72. The van der Waals surface area contributed by atoms with Crippen molar-refractivity contribution in [2.45, 2.75) is 12.8 Å². The topological polar surface area (TPSA) is 17.1 Å². The van der Waals surface area contributed by atoms with Crippen LogP contribution in [0.1, 0.15) is 11.1 Å². The van der Waals surface area contributed by atoms with Crippen molar-refractivity contribution >= 4 is 5.78 Å². The average molecular weight is 354 g/mol. The molecule has 0 atom stereocenters. The molecule has 0 amide bonds. The fraction of sp³-hybridized carbons (Fsp3) is 0.133. The highest BCUT2D eigenvalue weighted by atomic mass is 19.2. The molecule has 0 heterocycles. The Hall–Kier alpha value is -2.45. The predicted molar refractivity (Wildman–Crippen MR) is 65.0 cm³/mol. The van der Waals surface area contributed by atoms with Crippen molar-refractivity contribution < 1.29 is 39.9 Å². The van der Waals surface area contributed by atoms with Crippen molar-refractivity contribution in [3.05, 3.63) is 69.8 Å². The largest absolute Gasteiger partial charge is 0.299 e. The van der Waals surface area contributed by atoms with Gasteiger partial charge in [0, 0.05) is 24.0 Å². The van der Waals surface area contributed by atoms with Gasteiger partial charge in [-0.25, -0.2) is 35.1 Å². The van der Waals surface area contributed by atoms with Crippen molar-refractivity contribution in [3.8, 4) is 0 Å². The number of rotatable bonds is 4. The Labute approximate surface area is 129 Å². The first-order chi connectivity index (χ1) is 11.1. The molecule has 0 N–H and O–H groups in total. The molecule has 0 radical (unpaired) electrons. The Morgan fingerprint density at radius 3 is 1.25 bits per heavy atom. The highest BCUT2D eigenvalue weighted by Crippen LogP contribution is 2.22. The summed E-state index contributed by atoms with van der Waals surface area (Å²) in [6, 6.07) is 0.460. The summed E-state index contributed by atoms with van der Waals surface area (Å²) in [5.74, 6) is -16.6. The minimum atomic E-state index is -2.14. The van der Waals surface area contributed by atoms with Gasteiger partial charge in [0.2, 0.25) is 0 Å². The normalized spacial score (nSPS) is 11.0. The molecule has 24 heavy (non-hydrogen) atoms. The van der Waals surface area contributed by atoms with Gasteiger partial charge in [0.15, 0.2) is 46.5 Å². The maximum atomic E-state index is 13.4. The summed E-state index contributed by atoms with van der Waals surface area (Å²) in [6.07, 6.45) is -2.00. The summed E-state index contributed by atoms with van der Waals surface area (Å²) < 4.78 is 105. The molecule has 1 nitrogen and oxygen atoms in total. The zero-order valence-corrected chi connectivity index (χ0v) is 11.5. The van der Waals surface area contributed by atoms with E-state index in [-0.39, 0.29) is 12.1 Å². The molecule has 128 valence electrons. The highest BCUT2D eigenvalue weighted by Gasteiger charge is 2.23. The molecule has 0 aromatic heterocycles. The molecule has 2 aromatic carbocycles. The lowest BCUT2D eigenvalue weighted by atomic mass is 10.0. The first-order valence-corrected chi connectivity index (χ1v) is 6.28. The van der Waals surface area contributed by atoms with E-state index in [1.807, 2.05) is 0 Å². The zero-order chi connectivity index (χ0) is 18.2. The van der Waals surface area contributed by atoms with Crippen LogP contribution in [0.25, 0.3) is 0 Å². The number of carbonyl (C=O) groups excluding carboxylic acids is 1. The fourth-order valence-electron chi connectivity index (χ4n) is 1.99. The molecule has 0 aliphatic heterocycles. The number of hydrogen-bond acceptors (Lipinski definition) is 1. The highest BCUT2D eigenvalue weighted by molar-refractivity contribution is 5.83. The Kier molecular flexibility index (Phi) is 4.91. The van der Waals surface area contributed by atoms with Crippen LogP contribution >= 0.6 is 0 Å². The molecule has 0 aliphatic rings. The molecule has 2 aromatic rings. The third-order valence-corrected chi connectivity index (χ3v) is 3.13. The SMILES string of the molecule is O=C(Cc1cc(F)c(F)c(F)c1F)Cc1cc(F)c(F)c(F)c1F. The van der Waals surface area contributed by atoms with Gasteiger partial charge < -0.3 is 0 Å². The Bertz CT molecular complexity index is 764. The van der Waals surface area contributed by atoms with E-state index in [2.05, 4.69) is 0 Å². The minimum absolute atomic E-state index is 0.230. The zero-order valence-electron chi connectivity index (χ0n) is 11.5. The minimum Gasteiger partial charge on any atom is -0.299 e. The first kappa shape index (κ1) is 17.9. The van der Waals surface area contributed by atoms with Crippen LogP contribution in [0.15, 0.2) is 12.1 Å². The van der Waals surface area contributed by atoms with Crippen molar-refractivity contribution in [1.29, 1.82) is 0 Å². The van der Waals surface area contributed by atoms with Crippen molar-refractivity contribution in [1.82, 2.24) is 0 Å². The number of ketones is 1. The second-order valence-corrected chi connectivity index (χ2v) is 4.81. The van der Waals surface area contributed by atoms with Gasteiger partial charge in [-0.3, -0.25) is 4.79 Å². The second-order valence-electron chi connectivity index (χ2n) is 4.81. The van der Waals surface area contributed by atoms with Gasteiger partial charge in [0.1, 0.15) is 5.78 Å². The van der Waals surface area contributed by atoms with Gasteiger partial charge in [0.05, 0.1) is 0 Å². The molecule has 0 saturated carbocycles. The Balaban J connectivity index is 2.27. The standard InChI is InChI=1S/C15H6F8O/c16-8-3-5(10(18)14(22)12(8)20)1-7(24)2-6-4-9(17)13(21)15(23)11(6)19/h3-4H,1-2H2. The molecular formula is C15H6F8O. The van der Waals surface area contributed by atoms with Crippen molar-refractivity contribution in [2.75, 3.05) is 0 Å². The van der Waals surface area contributed by atoms with E-state index in [0.717, 1.165) is 0 Å². The molecule has 0 saturated heterocycles. The van der Waals surface area contributed by atoms with E-state index in [4.69, 9.17) is 0 Å². The molecule has 9 heteroatoms. The quantitative estimate of drug-likeness (QED) is 0.458. The van der Waals surface area contributed by atoms with Crippen LogP contribution in [0.3, 0.4) is 0 Å². The number of halogens is 8. The summed E-state index contributed by atoms with van der Waals surface area (Å²) in [7, 11) is 0. The Morgan fingerprint density at radius 1 is 0.583 bits per heavy atom. The summed E-state index contributed by atoms with van der Waals surface area (Å²) >= 11 is 0. The van der Waals surface area contributed by atoms with E-state index >= 15 is 0 Å².